The Kier molecular flexibility index (Phi) is 6.04. The van der Waals surface area contributed by atoms with Crippen LogP contribution < -0.4 is 15.6 Å². The van der Waals surface area contributed by atoms with Crippen molar-refractivity contribution in [1.29, 1.82) is 0 Å². The molecule has 3 N–H and O–H groups in total. The summed E-state index contributed by atoms with van der Waals surface area (Å²) in [5.74, 6) is 0.611. The summed E-state index contributed by atoms with van der Waals surface area (Å²) >= 11 is 0. The number of hydrogen-bond acceptors (Lipinski definition) is 7. The first kappa shape index (κ1) is 22.0. The van der Waals surface area contributed by atoms with Crippen LogP contribution in [0, 0.1) is 5.92 Å². The summed E-state index contributed by atoms with van der Waals surface area (Å²) in [4.78, 5) is 26.4. The first-order valence-electron chi connectivity index (χ1n) is 9.71. The Bertz CT molecular complexity index is 1080. The van der Waals surface area contributed by atoms with Gasteiger partial charge in [0.1, 0.15) is 5.60 Å². The van der Waals surface area contributed by atoms with Gasteiger partial charge in [0.05, 0.1) is 5.39 Å². The van der Waals surface area contributed by atoms with E-state index in [4.69, 9.17) is 9.88 Å². The number of carbonyl (C=O) groups is 1. The fourth-order valence-corrected chi connectivity index (χ4v) is 4.16. The number of benzene rings is 1. The molecule has 1 aliphatic rings. The van der Waals surface area contributed by atoms with Crippen molar-refractivity contribution in [3.63, 3.8) is 0 Å². The third kappa shape index (κ3) is 5.08. The molecule has 0 bridgehead atoms. The third-order valence-corrected chi connectivity index (χ3v) is 5.83. The number of piperidine rings is 1. The van der Waals surface area contributed by atoms with Crippen molar-refractivity contribution >= 4 is 32.9 Å². The van der Waals surface area contributed by atoms with Crippen molar-refractivity contribution in [1.82, 2.24) is 14.5 Å². The Hall–Kier alpha value is -2.66. The van der Waals surface area contributed by atoms with E-state index in [1.165, 1.54) is 0 Å². The molecule has 1 aliphatic heterocycles. The lowest BCUT2D eigenvalue weighted by Crippen LogP contribution is -2.48. The highest BCUT2D eigenvalue weighted by Crippen LogP contribution is 2.27. The molecular weight excluding hydrogens is 410 g/mol. The second kappa shape index (κ2) is 8.23. The molecule has 0 atom stereocenters. The van der Waals surface area contributed by atoms with E-state index in [0.29, 0.717) is 41.4 Å². The minimum absolute atomic E-state index is 0.0403. The lowest BCUT2D eigenvalue weighted by atomic mass is 9.96. The maximum atomic E-state index is 12.3. The van der Waals surface area contributed by atoms with Crippen LogP contribution >= 0.6 is 0 Å². The molecule has 1 amide bonds. The fourth-order valence-electron chi connectivity index (χ4n) is 3.50. The number of amides is 1. The summed E-state index contributed by atoms with van der Waals surface area (Å²) < 4.78 is 29.7. The van der Waals surface area contributed by atoms with Gasteiger partial charge in [0.25, 0.3) is 5.56 Å². The summed E-state index contributed by atoms with van der Waals surface area (Å²) in [6.45, 7) is 6.13. The number of carbonyl (C=O) groups excluding carboxylic acids is 1. The van der Waals surface area contributed by atoms with Gasteiger partial charge < -0.3 is 9.64 Å². The van der Waals surface area contributed by atoms with Crippen molar-refractivity contribution in [2.75, 3.05) is 24.5 Å². The zero-order chi connectivity index (χ0) is 22.1. The Morgan fingerprint density at radius 3 is 2.43 bits per heavy atom. The van der Waals surface area contributed by atoms with Crippen molar-refractivity contribution in [2.24, 2.45) is 11.1 Å². The normalized spacial score (nSPS) is 15.9. The molecule has 0 unspecified atom stereocenters. The summed E-state index contributed by atoms with van der Waals surface area (Å²) in [5.41, 5.74) is -1.08. The predicted molar refractivity (Wildman–Crippen MR) is 113 cm³/mol. The summed E-state index contributed by atoms with van der Waals surface area (Å²) in [6, 6.07) is 7.25. The minimum Gasteiger partial charge on any atom is -0.443 e. The van der Waals surface area contributed by atoms with E-state index < -0.39 is 21.9 Å². The molecular formula is C19H27N5O5S. The van der Waals surface area contributed by atoms with E-state index in [9.17, 15) is 18.0 Å². The van der Waals surface area contributed by atoms with Crippen molar-refractivity contribution in [2.45, 2.75) is 39.2 Å². The van der Waals surface area contributed by atoms with Crippen molar-refractivity contribution < 1.29 is 17.9 Å². The van der Waals surface area contributed by atoms with Gasteiger partial charge in [-0.25, -0.2) is 15.0 Å². The molecule has 30 heavy (non-hydrogen) atoms. The monoisotopic (exact) mass is 437 g/mol. The first-order chi connectivity index (χ1) is 14.0. The molecule has 1 fully saturated rings. The average molecular weight is 438 g/mol. The summed E-state index contributed by atoms with van der Waals surface area (Å²) in [7, 11) is -4.24. The van der Waals surface area contributed by atoms with Crippen LogP contribution in [0.25, 0.3) is 10.8 Å². The van der Waals surface area contributed by atoms with Crippen LogP contribution in [0.15, 0.2) is 29.1 Å². The molecule has 0 aliphatic carbocycles. The van der Waals surface area contributed by atoms with Crippen LogP contribution in [0.4, 0.5) is 10.6 Å². The number of anilines is 1. The fraction of sp³-hybridized carbons (Fsp3) is 0.526. The van der Waals surface area contributed by atoms with E-state index in [1.807, 2.05) is 17.0 Å². The number of hydrogen-bond donors (Lipinski definition) is 2. The number of fused-ring (bicyclic) bond motifs is 1. The predicted octanol–water partition coefficient (Wildman–Crippen LogP) is 1.58. The van der Waals surface area contributed by atoms with E-state index in [2.05, 4.69) is 10.2 Å². The highest BCUT2D eigenvalue weighted by molar-refractivity contribution is 7.87. The highest BCUT2D eigenvalue weighted by Gasteiger charge is 2.33. The van der Waals surface area contributed by atoms with Gasteiger partial charge in [-0.3, -0.25) is 4.79 Å². The molecule has 10 nitrogen and oxygen atoms in total. The largest absolute Gasteiger partial charge is 0.443 e. The van der Waals surface area contributed by atoms with Crippen LogP contribution in [-0.4, -0.2) is 54.2 Å². The number of aromatic nitrogens is 2. The molecule has 164 valence electrons. The summed E-state index contributed by atoms with van der Waals surface area (Å²) in [6.07, 6.45) is 0.286. The molecule has 0 spiro atoms. The van der Waals surface area contributed by atoms with Crippen LogP contribution in [0.1, 0.15) is 33.6 Å². The van der Waals surface area contributed by atoms with Crippen LogP contribution in [0.3, 0.4) is 0 Å². The number of nitrogens with zero attached hydrogens (tertiary/aromatic N) is 3. The zero-order valence-electron chi connectivity index (χ0n) is 17.3. The first-order valence-corrected chi connectivity index (χ1v) is 11.2. The molecule has 2 heterocycles. The maximum Gasteiger partial charge on any atom is 0.425 e. The maximum absolute atomic E-state index is 12.3. The number of nitrogens with two attached hydrogens (primary N) is 1. The van der Waals surface area contributed by atoms with Crippen LogP contribution in [-0.2, 0) is 14.9 Å². The number of nitrogens with one attached hydrogen (secondary N) is 1. The Labute approximate surface area is 175 Å². The quantitative estimate of drug-likeness (QED) is 0.740. The van der Waals surface area contributed by atoms with Crippen molar-refractivity contribution in [3.05, 3.63) is 34.6 Å². The molecule has 1 aromatic heterocycles. The van der Waals surface area contributed by atoms with Gasteiger partial charge in [0, 0.05) is 25.0 Å². The number of rotatable bonds is 4. The molecule has 2 aromatic rings. The van der Waals surface area contributed by atoms with E-state index in [-0.39, 0.29) is 18.0 Å². The van der Waals surface area contributed by atoms with Gasteiger partial charge in [-0.1, -0.05) is 18.2 Å². The lowest BCUT2D eigenvalue weighted by Gasteiger charge is -2.35. The number of aromatic amines is 1. The van der Waals surface area contributed by atoms with E-state index >= 15 is 0 Å². The molecule has 1 aromatic carbocycles. The van der Waals surface area contributed by atoms with E-state index in [1.54, 1.807) is 32.9 Å². The second-order valence-corrected chi connectivity index (χ2v) is 9.88. The van der Waals surface area contributed by atoms with Gasteiger partial charge in [0.2, 0.25) is 0 Å². The Morgan fingerprint density at radius 2 is 1.87 bits per heavy atom. The van der Waals surface area contributed by atoms with Crippen LogP contribution in [0.2, 0.25) is 0 Å². The van der Waals surface area contributed by atoms with Crippen molar-refractivity contribution in [3.8, 4) is 0 Å². The topological polar surface area (TPSA) is 139 Å². The molecule has 0 saturated carbocycles. The van der Waals surface area contributed by atoms with Gasteiger partial charge >= 0.3 is 16.3 Å². The zero-order valence-corrected chi connectivity index (χ0v) is 18.1. The smallest absolute Gasteiger partial charge is 0.425 e. The average Bonchev–Trinajstić information content (AvgIpc) is 2.65. The molecule has 3 rings (SSSR count). The molecule has 1 saturated heterocycles. The van der Waals surface area contributed by atoms with Gasteiger partial charge in [0.15, 0.2) is 5.82 Å². The van der Waals surface area contributed by atoms with Gasteiger partial charge in [-0.05, 0) is 45.6 Å². The second-order valence-electron chi connectivity index (χ2n) is 8.41. The SMILES string of the molecule is CC(C)(C)OC(=O)N(CC1CCN(c2n[nH]c(=O)c3ccccc23)CC1)S(N)(=O)=O. The minimum atomic E-state index is -4.24. The lowest BCUT2D eigenvalue weighted by molar-refractivity contribution is 0.0368. The number of H-pyrrole nitrogens is 1. The highest BCUT2D eigenvalue weighted by atomic mass is 32.2. The Morgan fingerprint density at radius 1 is 1.27 bits per heavy atom. The standard InChI is InChI=1S/C19H27N5O5S/c1-19(2,3)29-18(26)24(30(20,27)28)12-13-8-10-23(11-9-13)16-14-6-4-5-7-15(14)17(25)22-21-16/h4-7,13H,8-12H2,1-3H3,(H,22,25)(H2,20,27,28). The van der Waals surface area contributed by atoms with E-state index in [0.717, 1.165) is 5.39 Å². The Balaban J connectivity index is 1.71. The molecule has 0 radical (unpaired) electrons. The summed E-state index contributed by atoms with van der Waals surface area (Å²) in [5, 5.41) is 13.3. The van der Waals surface area contributed by atoms with Gasteiger partial charge in [-0.2, -0.15) is 17.8 Å². The third-order valence-electron chi connectivity index (χ3n) is 4.92. The van der Waals surface area contributed by atoms with Crippen LogP contribution in [0.5, 0.6) is 0 Å². The van der Waals surface area contributed by atoms with Gasteiger partial charge in [-0.15, -0.1) is 0 Å². The number of ether oxygens (including phenoxy) is 1. The molecule has 11 heteroatoms.